The lowest BCUT2D eigenvalue weighted by Gasteiger charge is -2.65. The summed E-state index contributed by atoms with van der Waals surface area (Å²) in [5, 5.41) is 0. The summed E-state index contributed by atoms with van der Waals surface area (Å²) in [6, 6.07) is 0. The van der Waals surface area contributed by atoms with E-state index in [0.29, 0.717) is 26.4 Å². The van der Waals surface area contributed by atoms with Gasteiger partial charge in [-0.15, -0.1) is 6.42 Å². The fourth-order valence-corrected chi connectivity index (χ4v) is 306. The topological polar surface area (TPSA) is 284 Å². The van der Waals surface area contributed by atoms with E-state index in [-0.39, 0.29) is 34.0 Å². The Hall–Kier alpha value is -1.23. The van der Waals surface area contributed by atoms with E-state index in [0.717, 1.165) is 51.9 Å². The van der Waals surface area contributed by atoms with Gasteiger partial charge in [0.05, 0.1) is 0 Å². The Morgan fingerprint density at radius 1 is 0.476 bits per heavy atom. The molecule has 0 aromatic heterocycles. The number of rotatable bonds is 37. The van der Waals surface area contributed by atoms with E-state index in [9.17, 15) is 43.2 Å². The maximum Gasteiger partial charge on any atom is 0.338 e. The maximum absolute atomic E-state index is 12.9. The zero-order valence-electron chi connectivity index (χ0n) is 51.1. The largest absolute Gasteiger partial charge is 0.446 e. The van der Waals surface area contributed by atoms with Gasteiger partial charge in [0.2, 0.25) is 31.8 Å². The first-order valence-electron chi connectivity index (χ1n) is 26.5. The van der Waals surface area contributed by atoms with Gasteiger partial charge in [0.15, 0.2) is 34.7 Å². The van der Waals surface area contributed by atoms with E-state index >= 15 is 0 Å². The zero-order chi connectivity index (χ0) is 63.3. The highest BCUT2D eigenvalue weighted by atomic mass is 30.3. The number of ether oxygens (including phenoxy) is 4. The number of terminal acetylenes is 1. The van der Waals surface area contributed by atoms with Gasteiger partial charge in [0.1, 0.15) is 12.7 Å². The SMILES string of the molecule is C#CC#CC#CC#CC#CC#CC#CC#CC#COCCCOCCCOCCCOCCCC.CO[Si]([SiH3])([Si](C)(C)O)[Si](O[SiH2]O)([Si](C)(C)O)[Si](O[Si](C)(C)O[Si](C)(C)C)(O[Si](O[SiH2]O)([SiH2]O)[Si](C)(C)O)[Si](O[Si](C)(C)O)([SiH2]O)[SiH2]O.[HH].[HH].[HH].[HH].[HH].[HH].[HH].[HH].[HH].[HH].[HH].[HH].[HH].[HH].[HH].[HH].[HH]. The van der Waals surface area contributed by atoms with Crippen LogP contribution >= 0.6 is 0 Å². The van der Waals surface area contributed by atoms with Crippen molar-refractivity contribution < 1.29 is 115 Å². The van der Waals surface area contributed by atoms with Gasteiger partial charge in [-0.3, -0.25) is 0 Å². The van der Waals surface area contributed by atoms with Crippen molar-refractivity contribution in [3.05, 3.63) is 0 Å². The quantitative estimate of drug-likeness (QED) is 0.0208. The molecule has 37 heteroatoms. The maximum atomic E-state index is 12.9. The molecule has 0 amide bonds. The van der Waals surface area contributed by atoms with E-state index < -0.39 is 133 Å². The molecule has 4 unspecified atom stereocenters. The van der Waals surface area contributed by atoms with E-state index in [1.54, 1.807) is 39.3 Å². The van der Waals surface area contributed by atoms with Gasteiger partial charge in [-0.05, 0) is 152 Å². The van der Waals surface area contributed by atoms with Crippen molar-refractivity contribution in [3.63, 3.8) is 0 Å². The Morgan fingerprint density at radius 2 is 0.878 bits per heavy atom. The zero-order valence-corrected chi connectivity index (χ0v) is 71.2. The minimum atomic E-state index is -5.01. The molecule has 4 atom stereocenters. The molecule has 0 bridgehead atoms. The Balaban J connectivity index is -0.0000000666. The standard InChI is InChI=1S/C31H28O4.C14H64O16Si17.17H2/c1-3-5-7-8-9-10-11-12-13-14-15-16-17-18-19-20-25-33-27-22-29-35-31-23-30-34-28-21-26-32-24-6-4-2;1-24-45(31,40(9,10)22)47(26-33-16,41(11,12)23)44(29-42(13,14)27-37(2,3)4,46(35-18,36-19)28-38(5,6)20)30-43(34-17,25-32-15)39(7,8)21;;;;;;;;;;;;;;;;;/h1H,4,6,21-24,26-31H2,2H3;15-23H,32-36H2,1-14,31H3;17*1H. The summed E-state index contributed by atoms with van der Waals surface area (Å²) in [4.78, 5) is 105. The molecule has 0 fully saturated rings. The van der Waals surface area contributed by atoms with E-state index in [2.05, 4.69) is 108 Å². The highest BCUT2D eigenvalue weighted by Gasteiger charge is 2.90. The lowest BCUT2D eigenvalue weighted by Crippen LogP contribution is -3.05. The Morgan fingerprint density at radius 3 is 1.20 bits per heavy atom. The van der Waals surface area contributed by atoms with Crippen LogP contribution in [-0.4, -0.2) is 239 Å². The van der Waals surface area contributed by atoms with Gasteiger partial charge < -0.3 is 91.2 Å². The number of hydrogen-bond acceptors (Lipinski definition) is 20. The van der Waals surface area contributed by atoms with Crippen LogP contribution in [0.1, 0.15) is 63.3 Å². The second-order valence-electron chi connectivity index (χ2n) is 21.6. The smallest absolute Gasteiger partial charge is 0.338 e. The molecule has 0 heterocycles. The van der Waals surface area contributed by atoms with Crippen LogP contribution in [0.2, 0.25) is 85.1 Å². The van der Waals surface area contributed by atoms with Crippen LogP contribution in [0.4, 0.5) is 0 Å². The second-order valence-corrected chi connectivity index (χ2v) is 128. The second kappa shape index (κ2) is 41.1. The van der Waals surface area contributed by atoms with E-state index in [4.69, 9.17) is 54.5 Å². The molecule has 0 aliphatic rings. The highest BCUT2D eigenvalue weighted by Crippen LogP contribution is 2.47. The van der Waals surface area contributed by atoms with Crippen LogP contribution in [-0.2, 0) is 48.1 Å². The predicted octanol–water partition coefficient (Wildman–Crippen LogP) is -0.867. The van der Waals surface area contributed by atoms with Crippen molar-refractivity contribution in [2.75, 3.05) is 53.4 Å². The molecule has 0 aromatic carbocycles. The highest BCUT2D eigenvalue weighted by molar-refractivity contribution is 8.10. The summed E-state index contributed by atoms with van der Waals surface area (Å²) in [7, 11) is -41.3. The van der Waals surface area contributed by atoms with Crippen LogP contribution in [0.15, 0.2) is 0 Å². The van der Waals surface area contributed by atoms with Gasteiger partial charge in [0, 0.05) is 135 Å². The van der Waals surface area contributed by atoms with Gasteiger partial charge in [-0.2, -0.15) is 0 Å². The van der Waals surface area contributed by atoms with Crippen molar-refractivity contribution in [2.24, 2.45) is 0 Å². The molecule has 0 spiro atoms. The summed E-state index contributed by atoms with van der Waals surface area (Å²) >= 11 is 0. The van der Waals surface area contributed by atoms with Crippen molar-refractivity contribution in [2.45, 2.75) is 124 Å². The van der Waals surface area contributed by atoms with Crippen molar-refractivity contribution in [3.8, 4) is 107 Å². The van der Waals surface area contributed by atoms with Crippen LogP contribution in [0.25, 0.3) is 0 Å². The summed E-state index contributed by atoms with van der Waals surface area (Å²) in [5.74, 6) is 39.6. The molecule has 0 radical (unpaired) electrons. The molecular weight excluding hydrogens is 1340 g/mol. The molecule has 0 rings (SSSR count). The minimum Gasteiger partial charge on any atom is -0.446 e. The first kappa shape index (κ1) is 82.8. The average molecular weight is 1460 g/mol. The van der Waals surface area contributed by atoms with Crippen molar-refractivity contribution in [1.82, 2.24) is 0 Å². The normalized spacial score (nSPS) is 15.9. The fraction of sp³-hybridized carbons (Fsp3) is 0.600. The molecular formula is C45H126O20Si17. The third-order valence-corrected chi connectivity index (χ3v) is 200. The van der Waals surface area contributed by atoms with Crippen LogP contribution < -0.4 is 0 Å². The average Bonchev–Trinajstić information content (AvgIpc) is 3.36. The molecule has 20 nitrogen and oxygen atoms in total. The predicted molar refractivity (Wildman–Crippen MR) is 400 cm³/mol. The summed E-state index contributed by atoms with van der Waals surface area (Å²) in [5.41, 5.74) is 0. The van der Waals surface area contributed by atoms with Gasteiger partial charge in [-0.25, -0.2) is 0 Å². The Kier molecular flexibility index (Phi) is 41.5. The minimum absolute atomic E-state index is 0. The van der Waals surface area contributed by atoms with Crippen molar-refractivity contribution >= 4 is 142 Å². The molecule has 0 aliphatic heterocycles. The molecule has 0 saturated heterocycles. The summed E-state index contributed by atoms with van der Waals surface area (Å²) in [6.45, 7) is 16.1. The van der Waals surface area contributed by atoms with E-state index in [1.165, 1.54) is 33.3 Å². The van der Waals surface area contributed by atoms with E-state index in [1.807, 2.05) is 19.6 Å². The lowest BCUT2D eigenvalue weighted by molar-refractivity contribution is 0.0598. The molecule has 0 saturated carbocycles. The molecule has 0 aromatic rings. The number of hydrogen-bond donors (Lipinski definition) is 9. The van der Waals surface area contributed by atoms with Gasteiger partial charge in [0.25, 0.3) is 33.8 Å². The Labute approximate surface area is 539 Å². The summed E-state index contributed by atoms with van der Waals surface area (Å²) < 4.78 is 69.3. The number of unbranched alkanes of at least 4 members (excludes halogenated alkanes) is 1. The first-order valence-corrected chi connectivity index (χ1v) is 74.6. The van der Waals surface area contributed by atoms with Gasteiger partial charge >= 0.3 is 32.3 Å². The third-order valence-electron chi connectivity index (χ3n) is 11.5. The molecule has 82 heavy (non-hydrogen) atoms. The van der Waals surface area contributed by atoms with Crippen LogP contribution in [0, 0.1) is 107 Å². The first-order chi connectivity index (χ1) is 38.1. The van der Waals surface area contributed by atoms with Crippen LogP contribution in [0.3, 0.4) is 0 Å². The molecule has 0 aliphatic carbocycles. The van der Waals surface area contributed by atoms with Gasteiger partial charge in [-0.1, -0.05) is 13.3 Å². The third kappa shape index (κ3) is 28.7. The molecule has 494 valence electrons. The summed E-state index contributed by atoms with van der Waals surface area (Å²) in [6.07, 6.45) is 12.3. The lowest BCUT2D eigenvalue weighted by atomic mass is 10.4. The molecule has 9 N–H and O–H groups in total. The van der Waals surface area contributed by atoms with Crippen LogP contribution in [0.5, 0.6) is 0 Å². The Bertz CT molecular complexity index is 2560. The van der Waals surface area contributed by atoms with Crippen molar-refractivity contribution in [1.29, 1.82) is 0 Å². The monoisotopic (exact) mass is 1460 g/mol. The fourth-order valence-electron chi connectivity index (χ4n) is 8.08.